The van der Waals surface area contributed by atoms with E-state index in [0.717, 1.165) is 10.5 Å². The van der Waals surface area contributed by atoms with Gasteiger partial charge in [0.1, 0.15) is 5.01 Å². The lowest BCUT2D eigenvalue weighted by Crippen LogP contribution is -1.82. The molecular weight excluding hydrogens is 214 g/mol. The van der Waals surface area contributed by atoms with Gasteiger partial charge in [0.25, 0.3) is 0 Å². The van der Waals surface area contributed by atoms with Crippen LogP contribution in [-0.2, 0) is 0 Å². The molecule has 0 aliphatic carbocycles. The lowest BCUT2D eigenvalue weighted by molar-refractivity contribution is 1.06. The summed E-state index contributed by atoms with van der Waals surface area (Å²) in [6.45, 7) is 6.16. The predicted octanol–water partition coefficient (Wildman–Crippen LogP) is 4.21. The fraction of sp³-hybridized carbons (Fsp3) is 0.364. The third-order valence-corrected chi connectivity index (χ3v) is 4.01. The molecule has 14 heavy (non-hydrogen) atoms. The second kappa shape index (κ2) is 3.52. The summed E-state index contributed by atoms with van der Waals surface area (Å²) < 4.78 is 1.27. The Bertz CT molecular complexity index is 434. The second-order valence-electron chi connectivity index (χ2n) is 3.55. The molecule has 1 unspecified atom stereocenters. The van der Waals surface area contributed by atoms with Crippen LogP contribution in [-0.4, -0.2) is 4.98 Å². The highest BCUT2D eigenvalue weighted by molar-refractivity contribution is 7.19. The number of hydrogen-bond donors (Lipinski definition) is 0. The van der Waals surface area contributed by atoms with Gasteiger partial charge in [-0.2, -0.15) is 0 Å². The fourth-order valence-electron chi connectivity index (χ4n) is 1.45. The van der Waals surface area contributed by atoms with Crippen LogP contribution in [0.5, 0.6) is 0 Å². The highest BCUT2D eigenvalue weighted by Gasteiger charge is 2.11. The van der Waals surface area contributed by atoms with Gasteiger partial charge < -0.3 is 0 Å². The first kappa shape index (κ1) is 9.94. The smallest absolute Gasteiger partial charge is 0.111 e. The average Bonchev–Trinajstić information content (AvgIpc) is 2.57. The number of aromatic nitrogens is 1. The van der Waals surface area contributed by atoms with Gasteiger partial charge in [-0.25, -0.2) is 4.98 Å². The van der Waals surface area contributed by atoms with Crippen molar-refractivity contribution in [1.29, 1.82) is 0 Å². The van der Waals surface area contributed by atoms with Gasteiger partial charge in [-0.05, 0) is 31.9 Å². The fourth-order valence-corrected chi connectivity index (χ4v) is 2.67. The summed E-state index contributed by atoms with van der Waals surface area (Å²) in [5.41, 5.74) is 3.62. The molecule has 2 aromatic rings. The maximum Gasteiger partial charge on any atom is 0.111 e. The molecule has 0 radical (unpaired) electrons. The zero-order chi connectivity index (χ0) is 10.3. The molecule has 1 atom stereocenters. The van der Waals surface area contributed by atoms with Crippen molar-refractivity contribution < 1.29 is 0 Å². The lowest BCUT2D eigenvalue weighted by Gasteiger charge is -1.96. The molecular formula is C11H12ClNS. The van der Waals surface area contributed by atoms with Gasteiger partial charge in [0.05, 0.1) is 15.6 Å². The van der Waals surface area contributed by atoms with Gasteiger partial charge in [-0.15, -0.1) is 22.9 Å². The summed E-state index contributed by atoms with van der Waals surface area (Å²) in [4.78, 5) is 4.56. The number of thiazole rings is 1. The number of rotatable bonds is 1. The molecule has 1 aromatic heterocycles. The zero-order valence-corrected chi connectivity index (χ0v) is 10.0. The van der Waals surface area contributed by atoms with Crippen LogP contribution >= 0.6 is 22.9 Å². The molecule has 0 saturated heterocycles. The lowest BCUT2D eigenvalue weighted by atomic mass is 10.1. The third-order valence-electron chi connectivity index (χ3n) is 2.30. The average molecular weight is 226 g/mol. The normalized spacial score (nSPS) is 13.4. The second-order valence-corrected chi connectivity index (χ2v) is 5.23. The molecule has 1 nitrogen and oxygen atoms in total. The van der Waals surface area contributed by atoms with Crippen LogP contribution in [0.2, 0.25) is 0 Å². The van der Waals surface area contributed by atoms with E-state index in [4.69, 9.17) is 11.6 Å². The van der Waals surface area contributed by atoms with Crippen molar-refractivity contribution in [2.45, 2.75) is 26.1 Å². The Morgan fingerprint density at radius 2 is 1.93 bits per heavy atom. The van der Waals surface area contributed by atoms with Gasteiger partial charge in [-0.3, -0.25) is 0 Å². The van der Waals surface area contributed by atoms with Crippen LogP contribution in [0.1, 0.15) is 28.4 Å². The minimum Gasteiger partial charge on any atom is -0.239 e. The van der Waals surface area contributed by atoms with Crippen molar-refractivity contribution in [2.24, 2.45) is 0 Å². The number of fused-ring (bicyclic) bond motifs is 1. The standard InChI is InChI=1S/C11H12ClNS/c1-6-4-5-7(2)10-9(6)13-11(14-10)8(3)12/h4-5,8H,1-3H3. The quantitative estimate of drug-likeness (QED) is 0.663. The SMILES string of the molecule is Cc1ccc(C)c2sc(C(C)Cl)nc12. The first-order chi connectivity index (χ1) is 6.59. The molecule has 0 spiro atoms. The number of nitrogens with zero attached hydrogens (tertiary/aromatic N) is 1. The number of hydrogen-bond acceptors (Lipinski definition) is 2. The van der Waals surface area contributed by atoms with E-state index in [2.05, 4.69) is 31.0 Å². The summed E-state index contributed by atoms with van der Waals surface area (Å²) >= 11 is 7.73. The van der Waals surface area contributed by atoms with Crippen molar-refractivity contribution in [3.05, 3.63) is 28.3 Å². The van der Waals surface area contributed by atoms with Crippen LogP contribution in [0.15, 0.2) is 12.1 Å². The molecule has 1 heterocycles. The highest BCUT2D eigenvalue weighted by atomic mass is 35.5. The Morgan fingerprint density at radius 3 is 2.50 bits per heavy atom. The summed E-state index contributed by atoms with van der Waals surface area (Å²) in [5, 5.41) is 1.02. The van der Waals surface area contributed by atoms with Crippen LogP contribution in [0.25, 0.3) is 10.2 Å². The minimum absolute atomic E-state index is 0.00574. The Hall–Kier alpha value is -0.600. The molecule has 74 valence electrons. The Labute approximate surface area is 92.7 Å². The largest absolute Gasteiger partial charge is 0.239 e. The number of alkyl halides is 1. The minimum atomic E-state index is 0.00574. The number of benzene rings is 1. The maximum atomic E-state index is 6.03. The zero-order valence-electron chi connectivity index (χ0n) is 8.47. The van der Waals surface area contributed by atoms with Crippen molar-refractivity contribution in [3.8, 4) is 0 Å². The van der Waals surface area contributed by atoms with E-state index in [0.29, 0.717) is 0 Å². The van der Waals surface area contributed by atoms with Gasteiger partial charge in [0, 0.05) is 0 Å². The molecule has 0 fully saturated rings. The van der Waals surface area contributed by atoms with Gasteiger partial charge in [0.15, 0.2) is 0 Å². The van der Waals surface area contributed by atoms with Crippen LogP contribution in [0.3, 0.4) is 0 Å². The molecule has 3 heteroatoms. The van der Waals surface area contributed by atoms with Gasteiger partial charge in [-0.1, -0.05) is 12.1 Å². The molecule has 1 aromatic carbocycles. The van der Waals surface area contributed by atoms with Crippen LogP contribution in [0.4, 0.5) is 0 Å². The first-order valence-electron chi connectivity index (χ1n) is 4.60. The Morgan fingerprint density at radius 1 is 1.29 bits per heavy atom. The highest BCUT2D eigenvalue weighted by Crippen LogP contribution is 2.32. The number of aryl methyl sites for hydroxylation is 2. The van der Waals surface area contributed by atoms with E-state index in [9.17, 15) is 0 Å². The maximum absolute atomic E-state index is 6.03. The molecule has 0 saturated carbocycles. The molecule has 0 N–H and O–H groups in total. The van der Waals surface area contributed by atoms with Crippen LogP contribution < -0.4 is 0 Å². The summed E-state index contributed by atoms with van der Waals surface area (Å²) in [5.74, 6) is 0. The van der Waals surface area contributed by atoms with E-state index in [1.54, 1.807) is 11.3 Å². The van der Waals surface area contributed by atoms with Crippen molar-refractivity contribution >= 4 is 33.2 Å². The van der Waals surface area contributed by atoms with E-state index in [1.165, 1.54) is 15.8 Å². The molecule has 0 aliphatic rings. The summed E-state index contributed by atoms with van der Waals surface area (Å²) in [7, 11) is 0. The Balaban J connectivity index is 2.75. The summed E-state index contributed by atoms with van der Waals surface area (Å²) in [6, 6.07) is 4.25. The van der Waals surface area contributed by atoms with Crippen molar-refractivity contribution in [3.63, 3.8) is 0 Å². The first-order valence-corrected chi connectivity index (χ1v) is 5.85. The van der Waals surface area contributed by atoms with Gasteiger partial charge in [0.2, 0.25) is 0 Å². The topological polar surface area (TPSA) is 12.9 Å². The molecule has 2 rings (SSSR count). The monoisotopic (exact) mass is 225 g/mol. The van der Waals surface area contributed by atoms with Crippen molar-refractivity contribution in [1.82, 2.24) is 4.98 Å². The van der Waals surface area contributed by atoms with Gasteiger partial charge >= 0.3 is 0 Å². The van der Waals surface area contributed by atoms with E-state index < -0.39 is 0 Å². The molecule has 0 bridgehead atoms. The van der Waals surface area contributed by atoms with E-state index in [-0.39, 0.29) is 5.38 Å². The predicted molar refractivity (Wildman–Crippen MR) is 63.4 cm³/mol. The number of halogens is 1. The Kier molecular flexibility index (Phi) is 2.50. The van der Waals surface area contributed by atoms with Crippen LogP contribution in [0, 0.1) is 13.8 Å². The summed E-state index contributed by atoms with van der Waals surface area (Å²) in [6.07, 6.45) is 0. The third kappa shape index (κ3) is 1.53. The molecule has 0 amide bonds. The molecule has 0 aliphatic heterocycles. The van der Waals surface area contributed by atoms with E-state index in [1.807, 2.05) is 6.92 Å². The van der Waals surface area contributed by atoms with Crippen molar-refractivity contribution in [2.75, 3.05) is 0 Å². The van der Waals surface area contributed by atoms with E-state index >= 15 is 0 Å².